The maximum absolute atomic E-state index is 12.9. The molecule has 0 amide bonds. The fraction of sp³-hybridized carbons (Fsp3) is 0.500. The van der Waals surface area contributed by atoms with Crippen LogP contribution >= 0.6 is 11.6 Å². The molecule has 0 saturated carbocycles. The monoisotopic (exact) mass is 160 g/mol. The number of hydrogen-bond acceptors (Lipinski definition) is 0. The van der Waals surface area contributed by atoms with E-state index in [-0.39, 0.29) is 5.83 Å². The van der Waals surface area contributed by atoms with Gasteiger partial charge in [-0.1, -0.05) is 11.6 Å². The van der Waals surface area contributed by atoms with Crippen molar-refractivity contribution in [1.29, 1.82) is 0 Å². The van der Waals surface area contributed by atoms with Crippen molar-refractivity contribution in [3.63, 3.8) is 0 Å². The van der Waals surface area contributed by atoms with Gasteiger partial charge >= 0.3 is 0 Å². The standard InChI is InChI=1S/C8H10ClF/c1-6-3-4-8(2,9)7(10)5-6/h3,5H,4H2,1-2H3. The smallest absolute Gasteiger partial charge is 0.121 e. The minimum absolute atomic E-state index is 0.228. The molecule has 1 aliphatic rings. The summed E-state index contributed by atoms with van der Waals surface area (Å²) in [4.78, 5) is -0.792. The van der Waals surface area contributed by atoms with Gasteiger partial charge in [0.15, 0.2) is 0 Å². The van der Waals surface area contributed by atoms with Gasteiger partial charge in [0.05, 0.1) is 4.87 Å². The maximum Gasteiger partial charge on any atom is 0.121 e. The topological polar surface area (TPSA) is 0 Å². The van der Waals surface area contributed by atoms with Gasteiger partial charge in [0.25, 0.3) is 0 Å². The van der Waals surface area contributed by atoms with Crippen LogP contribution in [0.25, 0.3) is 0 Å². The van der Waals surface area contributed by atoms with Crippen LogP contribution in [0.3, 0.4) is 0 Å². The molecule has 0 aromatic carbocycles. The highest BCUT2D eigenvalue weighted by atomic mass is 35.5. The van der Waals surface area contributed by atoms with Gasteiger partial charge in [-0.2, -0.15) is 0 Å². The highest BCUT2D eigenvalue weighted by Gasteiger charge is 2.27. The van der Waals surface area contributed by atoms with Crippen molar-refractivity contribution in [3.05, 3.63) is 23.6 Å². The summed E-state index contributed by atoms with van der Waals surface area (Å²) in [6.07, 6.45) is 4.01. The fourth-order valence-corrected chi connectivity index (χ4v) is 0.991. The third-order valence-corrected chi connectivity index (χ3v) is 1.99. The molecule has 10 heavy (non-hydrogen) atoms. The molecule has 1 rings (SSSR count). The van der Waals surface area contributed by atoms with Gasteiger partial charge < -0.3 is 0 Å². The zero-order valence-corrected chi connectivity index (χ0v) is 6.87. The zero-order valence-electron chi connectivity index (χ0n) is 6.12. The van der Waals surface area contributed by atoms with E-state index in [1.807, 2.05) is 13.0 Å². The summed E-state index contributed by atoms with van der Waals surface area (Å²) in [7, 11) is 0. The Morgan fingerprint density at radius 1 is 1.70 bits per heavy atom. The molecule has 0 heterocycles. The van der Waals surface area contributed by atoms with Crippen LogP contribution in [-0.4, -0.2) is 4.87 Å². The lowest BCUT2D eigenvalue weighted by atomic mass is 9.97. The van der Waals surface area contributed by atoms with Crippen molar-refractivity contribution in [1.82, 2.24) is 0 Å². The minimum atomic E-state index is -0.792. The van der Waals surface area contributed by atoms with E-state index >= 15 is 0 Å². The number of allylic oxidation sites excluding steroid dienone is 4. The summed E-state index contributed by atoms with van der Waals surface area (Å²) < 4.78 is 12.9. The summed E-state index contributed by atoms with van der Waals surface area (Å²) >= 11 is 5.80. The first-order chi connectivity index (χ1) is 4.52. The Bertz CT molecular complexity index is 201. The van der Waals surface area contributed by atoms with Gasteiger partial charge in [-0.3, -0.25) is 0 Å². The molecule has 0 fully saturated rings. The molecule has 1 aliphatic carbocycles. The molecule has 0 N–H and O–H groups in total. The SMILES string of the molecule is CC1=CCC(C)(Cl)C(F)=C1. The Morgan fingerprint density at radius 2 is 2.30 bits per heavy atom. The Morgan fingerprint density at radius 3 is 2.70 bits per heavy atom. The van der Waals surface area contributed by atoms with Crippen LogP contribution in [0.2, 0.25) is 0 Å². The predicted molar refractivity (Wildman–Crippen MR) is 41.8 cm³/mol. The van der Waals surface area contributed by atoms with Crippen molar-refractivity contribution < 1.29 is 4.39 Å². The quantitative estimate of drug-likeness (QED) is 0.478. The first-order valence-electron chi connectivity index (χ1n) is 3.26. The molecule has 0 spiro atoms. The molecule has 0 bridgehead atoms. The van der Waals surface area contributed by atoms with Gasteiger partial charge in [0, 0.05) is 0 Å². The van der Waals surface area contributed by atoms with Gasteiger partial charge in [-0.05, 0) is 26.3 Å². The largest absolute Gasteiger partial charge is 0.210 e. The summed E-state index contributed by atoms with van der Waals surface area (Å²) in [6, 6.07) is 0. The lowest BCUT2D eigenvalue weighted by Crippen LogP contribution is -2.18. The predicted octanol–water partition coefficient (Wildman–Crippen LogP) is 3.19. The van der Waals surface area contributed by atoms with Crippen molar-refractivity contribution in [3.8, 4) is 0 Å². The van der Waals surface area contributed by atoms with Crippen LogP contribution in [0.1, 0.15) is 20.3 Å². The number of halogens is 2. The molecule has 0 aromatic heterocycles. The Labute approximate surface area is 65.4 Å². The molecule has 0 nitrogen and oxygen atoms in total. The zero-order chi connectivity index (χ0) is 7.78. The van der Waals surface area contributed by atoms with Crippen LogP contribution in [-0.2, 0) is 0 Å². The summed E-state index contributed by atoms with van der Waals surface area (Å²) in [5.41, 5.74) is 0.954. The van der Waals surface area contributed by atoms with E-state index in [1.165, 1.54) is 6.08 Å². The number of alkyl halides is 1. The van der Waals surface area contributed by atoms with E-state index in [2.05, 4.69) is 0 Å². The van der Waals surface area contributed by atoms with E-state index in [0.29, 0.717) is 6.42 Å². The van der Waals surface area contributed by atoms with E-state index in [4.69, 9.17) is 11.6 Å². The van der Waals surface area contributed by atoms with E-state index in [0.717, 1.165) is 5.57 Å². The van der Waals surface area contributed by atoms with E-state index < -0.39 is 4.87 Å². The molecule has 2 heteroatoms. The molecular formula is C8H10ClF. The van der Waals surface area contributed by atoms with Crippen LogP contribution in [0.4, 0.5) is 4.39 Å². The average Bonchev–Trinajstić information content (AvgIpc) is 1.81. The molecule has 0 saturated heterocycles. The molecular weight excluding hydrogens is 151 g/mol. The molecule has 0 aliphatic heterocycles. The van der Waals surface area contributed by atoms with Gasteiger partial charge in [0.1, 0.15) is 5.83 Å². The van der Waals surface area contributed by atoms with Crippen molar-refractivity contribution in [2.45, 2.75) is 25.1 Å². The average molecular weight is 161 g/mol. The van der Waals surface area contributed by atoms with E-state index in [9.17, 15) is 4.39 Å². The molecule has 1 atom stereocenters. The summed E-state index contributed by atoms with van der Waals surface area (Å²) in [5, 5.41) is 0. The second kappa shape index (κ2) is 2.39. The van der Waals surface area contributed by atoms with E-state index in [1.54, 1.807) is 6.92 Å². The first kappa shape index (κ1) is 7.80. The molecule has 0 aromatic rings. The third kappa shape index (κ3) is 1.40. The summed E-state index contributed by atoms with van der Waals surface area (Å²) in [5.74, 6) is -0.228. The van der Waals surface area contributed by atoms with Gasteiger partial charge in [-0.25, -0.2) is 4.39 Å². The second-order valence-corrected chi connectivity index (χ2v) is 3.68. The highest BCUT2D eigenvalue weighted by Crippen LogP contribution is 2.34. The number of hydrogen-bond donors (Lipinski definition) is 0. The lowest BCUT2D eigenvalue weighted by Gasteiger charge is -2.21. The molecule has 0 radical (unpaired) electrons. The maximum atomic E-state index is 12.9. The van der Waals surface area contributed by atoms with Gasteiger partial charge in [0.2, 0.25) is 0 Å². The summed E-state index contributed by atoms with van der Waals surface area (Å²) in [6.45, 7) is 3.55. The first-order valence-corrected chi connectivity index (χ1v) is 3.63. The normalized spacial score (nSPS) is 33.2. The second-order valence-electron chi connectivity index (χ2n) is 2.84. The highest BCUT2D eigenvalue weighted by molar-refractivity contribution is 6.25. The Kier molecular flexibility index (Phi) is 1.86. The number of rotatable bonds is 0. The van der Waals surface area contributed by atoms with Gasteiger partial charge in [-0.15, -0.1) is 11.6 Å². The minimum Gasteiger partial charge on any atom is -0.210 e. The van der Waals surface area contributed by atoms with Crippen LogP contribution in [0.5, 0.6) is 0 Å². The van der Waals surface area contributed by atoms with Crippen molar-refractivity contribution in [2.24, 2.45) is 0 Å². The van der Waals surface area contributed by atoms with Crippen LogP contribution in [0.15, 0.2) is 23.6 Å². The van der Waals surface area contributed by atoms with Crippen LogP contribution in [0, 0.1) is 0 Å². The lowest BCUT2D eigenvalue weighted by molar-refractivity contribution is 0.513. The van der Waals surface area contributed by atoms with Crippen molar-refractivity contribution >= 4 is 11.6 Å². The Balaban J connectivity index is 2.88. The third-order valence-electron chi connectivity index (χ3n) is 1.66. The Hall–Kier alpha value is -0.300. The van der Waals surface area contributed by atoms with Crippen molar-refractivity contribution in [2.75, 3.05) is 0 Å². The molecule has 1 unspecified atom stereocenters. The van der Waals surface area contributed by atoms with Crippen LogP contribution < -0.4 is 0 Å². The fourth-order valence-electron chi connectivity index (χ4n) is 0.859. The molecule has 56 valence electrons.